The van der Waals surface area contributed by atoms with Gasteiger partial charge in [-0.15, -0.1) is 0 Å². The van der Waals surface area contributed by atoms with Gasteiger partial charge in [0.15, 0.2) is 33.1 Å². The molecule has 1 aromatic rings. The Morgan fingerprint density at radius 3 is 2.20 bits per heavy atom. The predicted octanol–water partition coefficient (Wildman–Crippen LogP) is 2.96. The number of likely N-dealkylation sites (tertiary alicyclic amines) is 1. The molecule has 0 bridgehead atoms. The molecule has 2 atom stereocenters. The predicted molar refractivity (Wildman–Crippen MR) is 108 cm³/mol. The van der Waals surface area contributed by atoms with Crippen LogP contribution in [0.15, 0.2) is 12.1 Å². The van der Waals surface area contributed by atoms with Crippen LogP contribution in [0, 0.1) is 23.4 Å². The number of nitrogens with zero attached hydrogens (tertiary/aromatic N) is 1. The molecule has 1 saturated heterocycles. The maximum Gasteiger partial charge on any atom is 0.176 e. The van der Waals surface area contributed by atoms with Crippen molar-refractivity contribution in [3.05, 3.63) is 35.1 Å². The van der Waals surface area contributed by atoms with Crippen molar-refractivity contribution in [1.82, 2.24) is 4.90 Å². The molecule has 0 spiro atoms. The summed E-state index contributed by atoms with van der Waals surface area (Å²) in [5.41, 5.74) is 6.23. The number of piperidine rings is 1. The summed E-state index contributed by atoms with van der Waals surface area (Å²) in [5, 5.41) is -1.60. The third-order valence-electron chi connectivity index (χ3n) is 6.55. The van der Waals surface area contributed by atoms with Gasteiger partial charge in [0.2, 0.25) is 0 Å². The Balaban J connectivity index is 1.60. The first kappa shape index (κ1) is 23.2. The maximum absolute atomic E-state index is 13.9. The normalized spacial score (nSPS) is 22.0. The van der Waals surface area contributed by atoms with E-state index in [2.05, 4.69) is 0 Å². The lowest BCUT2D eigenvalue weighted by Crippen LogP contribution is -2.51. The molecule has 2 fully saturated rings. The standard InChI is InChI=1S/C21H29F3N2O3S/c22-17-12-19(24)18(23)10-15(17)11-20(25)14-6-8-26(9-7-14)21(13-27)30(28,29)16-4-2-1-3-5-16/h10,12-14,16,20-21H,1-9,11,25H2/t20-,21?/m1/s1. The molecule has 1 aromatic carbocycles. The zero-order chi connectivity index (χ0) is 21.9. The van der Waals surface area contributed by atoms with Crippen LogP contribution in [0.2, 0.25) is 0 Å². The molecule has 0 amide bonds. The number of carbonyl (C=O) groups excluding carboxylic acids is 1. The van der Waals surface area contributed by atoms with Crippen LogP contribution in [0.1, 0.15) is 50.5 Å². The van der Waals surface area contributed by atoms with Gasteiger partial charge in [-0.1, -0.05) is 19.3 Å². The van der Waals surface area contributed by atoms with Crippen molar-refractivity contribution in [2.75, 3.05) is 13.1 Å². The molecule has 2 aliphatic rings. The monoisotopic (exact) mass is 446 g/mol. The van der Waals surface area contributed by atoms with Gasteiger partial charge in [-0.2, -0.15) is 0 Å². The SMILES string of the molecule is N[C@H](Cc1cc(F)c(F)cc1F)C1CCN(C(C=O)S(=O)(=O)C2CCCCC2)CC1. The van der Waals surface area contributed by atoms with Crippen LogP contribution in [-0.4, -0.2) is 49.4 Å². The number of benzene rings is 1. The Labute approximate surface area is 175 Å². The highest BCUT2D eigenvalue weighted by Gasteiger charge is 2.40. The third-order valence-corrected chi connectivity index (χ3v) is 9.04. The molecule has 0 aromatic heterocycles. The highest BCUT2D eigenvalue weighted by atomic mass is 32.2. The third kappa shape index (κ3) is 5.06. The van der Waals surface area contributed by atoms with Crippen LogP contribution in [0.3, 0.4) is 0 Å². The Kier molecular flexibility index (Phi) is 7.57. The molecule has 1 unspecified atom stereocenters. The average Bonchev–Trinajstić information content (AvgIpc) is 2.73. The van der Waals surface area contributed by atoms with Gasteiger partial charge >= 0.3 is 0 Å². The van der Waals surface area contributed by atoms with Gasteiger partial charge in [-0.05, 0) is 49.7 Å². The van der Waals surface area contributed by atoms with E-state index >= 15 is 0 Å². The van der Waals surface area contributed by atoms with Crippen LogP contribution in [0.4, 0.5) is 13.2 Å². The molecule has 30 heavy (non-hydrogen) atoms. The Hall–Kier alpha value is -1.45. The molecule has 1 aliphatic carbocycles. The lowest BCUT2D eigenvalue weighted by atomic mass is 9.86. The second-order valence-corrected chi connectivity index (χ2v) is 10.8. The fraction of sp³-hybridized carbons (Fsp3) is 0.667. The van der Waals surface area contributed by atoms with E-state index in [1.54, 1.807) is 4.90 Å². The number of halogens is 3. The quantitative estimate of drug-likeness (QED) is 0.515. The van der Waals surface area contributed by atoms with E-state index in [9.17, 15) is 26.4 Å². The van der Waals surface area contributed by atoms with E-state index < -0.39 is 44.0 Å². The zero-order valence-corrected chi connectivity index (χ0v) is 17.7. The van der Waals surface area contributed by atoms with Crippen molar-refractivity contribution in [1.29, 1.82) is 0 Å². The second-order valence-electron chi connectivity index (χ2n) is 8.47. The van der Waals surface area contributed by atoms with Crippen molar-refractivity contribution in [2.24, 2.45) is 11.7 Å². The Morgan fingerprint density at radius 1 is 1.00 bits per heavy atom. The minimum atomic E-state index is -3.57. The summed E-state index contributed by atoms with van der Waals surface area (Å²) in [7, 11) is -3.57. The molecule has 0 radical (unpaired) electrons. The fourth-order valence-electron chi connectivity index (χ4n) is 4.70. The first-order chi connectivity index (χ1) is 14.2. The molecule has 9 heteroatoms. The van der Waals surface area contributed by atoms with E-state index in [1.807, 2.05) is 0 Å². The van der Waals surface area contributed by atoms with Gasteiger partial charge in [0.1, 0.15) is 5.82 Å². The van der Waals surface area contributed by atoms with E-state index in [0.29, 0.717) is 51.1 Å². The highest BCUT2D eigenvalue weighted by molar-refractivity contribution is 7.93. The van der Waals surface area contributed by atoms with Crippen molar-refractivity contribution in [3.8, 4) is 0 Å². The number of aldehydes is 1. The van der Waals surface area contributed by atoms with E-state index in [1.165, 1.54) is 0 Å². The first-order valence-electron chi connectivity index (χ1n) is 10.5. The number of nitrogens with two attached hydrogens (primary N) is 1. The fourth-order valence-corrected chi connectivity index (χ4v) is 6.87. The van der Waals surface area contributed by atoms with Crippen LogP contribution in [-0.2, 0) is 21.1 Å². The lowest BCUT2D eigenvalue weighted by Gasteiger charge is -2.38. The van der Waals surface area contributed by atoms with Crippen LogP contribution < -0.4 is 5.73 Å². The Morgan fingerprint density at radius 2 is 1.60 bits per heavy atom. The topological polar surface area (TPSA) is 80.5 Å². The van der Waals surface area contributed by atoms with E-state index in [4.69, 9.17) is 5.73 Å². The Bertz CT molecular complexity index is 851. The largest absolute Gasteiger partial charge is 0.327 e. The van der Waals surface area contributed by atoms with Gasteiger partial charge in [0.05, 0.1) is 5.25 Å². The molecule has 168 valence electrons. The maximum atomic E-state index is 13.9. The molecular formula is C21H29F3N2O3S. The van der Waals surface area contributed by atoms with Crippen molar-refractivity contribution >= 4 is 16.1 Å². The number of hydrogen-bond acceptors (Lipinski definition) is 5. The van der Waals surface area contributed by atoms with Crippen molar-refractivity contribution < 1.29 is 26.4 Å². The summed E-state index contributed by atoms with van der Waals surface area (Å²) in [6.45, 7) is 0.794. The van der Waals surface area contributed by atoms with Crippen LogP contribution >= 0.6 is 0 Å². The smallest absolute Gasteiger partial charge is 0.176 e. The molecular weight excluding hydrogens is 417 g/mol. The second kappa shape index (κ2) is 9.78. The average molecular weight is 447 g/mol. The van der Waals surface area contributed by atoms with Gasteiger partial charge in [-0.25, -0.2) is 21.6 Å². The minimum Gasteiger partial charge on any atom is -0.327 e. The number of hydrogen-bond donors (Lipinski definition) is 1. The zero-order valence-electron chi connectivity index (χ0n) is 16.9. The van der Waals surface area contributed by atoms with E-state index in [0.717, 1.165) is 25.3 Å². The lowest BCUT2D eigenvalue weighted by molar-refractivity contribution is -0.110. The summed E-state index contributed by atoms with van der Waals surface area (Å²) < 4.78 is 66.4. The van der Waals surface area contributed by atoms with Crippen LogP contribution in [0.25, 0.3) is 0 Å². The summed E-state index contributed by atoms with van der Waals surface area (Å²) >= 11 is 0. The molecule has 1 aliphatic heterocycles. The summed E-state index contributed by atoms with van der Waals surface area (Å²) in [5.74, 6) is -3.22. The van der Waals surface area contributed by atoms with Gasteiger partial charge in [-0.3, -0.25) is 4.90 Å². The van der Waals surface area contributed by atoms with Crippen molar-refractivity contribution in [2.45, 2.75) is 68.0 Å². The number of rotatable bonds is 7. The van der Waals surface area contributed by atoms with E-state index in [-0.39, 0.29) is 17.9 Å². The van der Waals surface area contributed by atoms with Crippen molar-refractivity contribution in [3.63, 3.8) is 0 Å². The van der Waals surface area contributed by atoms with Gasteiger partial charge < -0.3 is 10.5 Å². The molecule has 3 rings (SSSR count). The summed E-state index contributed by atoms with van der Waals surface area (Å²) in [4.78, 5) is 13.4. The molecule has 2 N–H and O–H groups in total. The minimum absolute atomic E-state index is 0.0227. The summed E-state index contributed by atoms with van der Waals surface area (Å²) in [6.07, 6.45) is 5.67. The number of carbonyl (C=O) groups is 1. The molecule has 1 heterocycles. The first-order valence-corrected chi connectivity index (χ1v) is 12.2. The summed E-state index contributed by atoms with van der Waals surface area (Å²) in [6, 6.07) is 0.875. The molecule has 1 saturated carbocycles. The molecule has 5 nitrogen and oxygen atoms in total. The highest BCUT2D eigenvalue weighted by Crippen LogP contribution is 2.30. The van der Waals surface area contributed by atoms with Gasteiger partial charge in [0, 0.05) is 25.2 Å². The number of sulfone groups is 1. The van der Waals surface area contributed by atoms with Gasteiger partial charge in [0.25, 0.3) is 0 Å². The van der Waals surface area contributed by atoms with Crippen LogP contribution in [0.5, 0.6) is 0 Å².